The van der Waals surface area contributed by atoms with Gasteiger partial charge >= 0.3 is 6.09 Å². The summed E-state index contributed by atoms with van der Waals surface area (Å²) in [5.41, 5.74) is 9.00. The Kier molecular flexibility index (Phi) is 7.45. The molecule has 172 valence electrons. The highest BCUT2D eigenvalue weighted by atomic mass is 16.4. The molecule has 3 rings (SSSR count). The Morgan fingerprint density at radius 1 is 1.25 bits per heavy atom. The molecule has 0 fully saturated rings. The normalized spacial score (nSPS) is 12.4. The second-order valence-electron chi connectivity index (χ2n) is 8.27. The Bertz CT molecular complexity index is 1110. The molecule has 0 aliphatic carbocycles. The zero-order valence-corrected chi connectivity index (χ0v) is 18.8. The van der Waals surface area contributed by atoms with Crippen LogP contribution >= 0.6 is 0 Å². The number of amides is 2. The fourth-order valence-electron chi connectivity index (χ4n) is 3.80. The van der Waals surface area contributed by atoms with E-state index in [0.29, 0.717) is 41.9 Å². The quantitative estimate of drug-likeness (QED) is 0.378. The Balaban J connectivity index is 1.88. The molecule has 0 saturated heterocycles. The molecular formula is C22H31N7O3. The van der Waals surface area contributed by atoms with E-state index in [4.69, 9.17) is 15.8 Å². The van der Waals surface area contributed by atoms with Crippen molar-refractivity contribution in [3.63, 3.8) is 0 Å². The minimum absolute atomic E-state index is 0.170. The lowest BCUT2D eigenvalue weighted by Crippen LogP contribution is -2.47. The van der Waals surface area contributed by atoms with Crippen molar-refractivity contribution < 1.29 is 14.7 Å². The fourth-order valence-corrected chi connectivity index (χ4v) is 3.80. The van der Waals surface area contributed by atoms with Crippen LogP contribution in [0.5, 0.6) is 0 Å². The number of aryl methyl sites for hydroxylation is 1. The third-order valence-electron chi connectivity index (χ3n) is 5.25. The van der Waals surface area contributed by atoms with Crippen molar-refractivity contribution >= 4 is 39.9 Å². The number of hydrogen-bond acceptors (Lipinski definition) is 6. The predicted molar refractivity (Wildman–Crippen MR) is 123 cm³/mol. The first kappa shape index (κ1) is 23.2. The number of nitrogens with two attached hydrogens (primary N) is 1. The van der Waals surface area contributed by atoms with Gasteiger partial charge < -0.3 is 26.0 Å². The van der Waals surface area contributed by atoms with Gasteiger partial charge in [0.15, 0.2) is 5.82 Å². The fraction of sp³-hybridized carbons (Fsp3) is 0.500. The third kappa shape index (κ3) is 5.24. The monoisotopic (exact) mass is 441 g/mol. The summed E-state index contributed by atoms with van der Waals surface area (Å²) < 4.78 is 2.04. The summed E-state index contributed by atoms with van der Waals surface area (Å²) in [6, 6.07) is 2.87. The highest BCUT2D eigenvalue weighted by molar-refractivity contribution is 6.04. The molecule has 5 N–H and O–H groups in total. The molecule has 0 saturated carbocycles. The molecule has 10 nitrogen and oxygen atoms in total. The maximum atomic E-state index is 12.6. The van der Waals surface area contributed by atoms with Crippen molar-refractivity contribution in [2.45, 2.75) is 59.0 Å². The van der Waals surface area contributed by atoms with E-state index < -0.39 is 12.1 Å². The van der Waals surface area contributed by atoms with Crippen LogP contribution in [0.25, 0.3) is 22.1 Å². The number of nitrogen functional groups attached to an aromatic ring is 1. The van der Waals surface area contributed by atoms with Crippen LogP contribution in [0.3, 0.4) is 0 Å². The van der Waals surface area contributed by atoms with Crippen LogP contribution in [0, 0.1) is 5.92 Å². The molecular weight excluding hydrogens is 410 g/mol. The van der Waals surface area contributed by atoms with E-state index in [-0.39, 0.29) is 11.8 Å². The van der Waals surface area contributed by atoms with Crippen molar-refractivity contribution in [2.24, 2.45) is 5.92 Å². The minimum atomic E-state index is -1.21. The lowest BCUT2D eigenvalue weighted by molar-refractivity contribution is -0.123. The lowest BCUT2D eigenvalue weighted by Gasteiger charge is -2.19. The summed E-state index contributed by atoms with van der Waals surface area (Å²) in [6.07, 6.45) is 3.67. The Hall–Kier alpha value is -3.43. The first-order chi connectivity index (χ1) is 15.3. The third-order valence-corrected chi connectivity index (χ3v) is 5.25. The number of carbonyl (C=O) groups is 2. The minimum Gasteiger partial charge on any atom is -0.465 e. The van der Waals surface area contributed by atoms with E-state index in [0.717, 1.165) is 30.6 Å². The Labute approximate surface area is 186 Å². The van der Waals surface area contributed by atoms with E-state index in [1.807, 2.05) is 30.5 Å². The van der Waals surface area contributed by atoms with Gasteiger partial charge in [0.05, 0.1) is 5.52 Å². The van der Waals surface area contributed by atoms with Crippen molar-refractivity contribution in [2.75, 3.05) is 12.3 Å². The topological polar surface area (TPSA) is 148 Å². The number of fused-ring (bicyclic) bond motifs is 3. The van der Waals surface area contributed by atoms with Crippen LogP contribution in [0.2, 0.25) is 0 Å². The largest absolute Gasteiger partial charge is 0.465 e. The maximum Gasteiger partial charge on any atom is 0.405 e. The number of nitrogens with one attached hydrogen (secondary N) is 2. The average Bonchev–Trinajstić information content (AvgIpc) is 3.10. The van der Waals surface area contributed by atoms with E-state index >= 15 is 0 Å². The van der Waals surface area contributed by atoms with Crippen LogP contribution in [-0.2, 0) is 17.8 Å². The summed E-state index contributed by atoms with van der Waals surface area (Å²) in [7, 11) is 0. The van der Waals surface area contributed by atoms with Gasteiger partial charge in [-0.2, -0.15) is 0 Å². The first-order valence-corrected chi connectivity index (χ1v) is 11.0. The van der Waals surface area contributed by atoms with Crippen molar-refractivity contribution in [1.29, 1.82) is 0 Å². The van der Waals surface area contributed by atoms with Gasteiger partial charge in [-0.3, -0.25) is 9.78 Å². The molecule has 0 bridgehead atoms. The number of rotatable bonds is 10. The van der Waals surface area contributed by atoms with E-state index in [1.54, 1.807) is 6.20 Å². The number of carbonyl (C=O) groups excluding carboxylic acids is 1. The number of aromatic nitrogens is 4. The molecule has 32 heavy (non-hydrogen) atoms. The number of anilines is 1. The predicted octanol–water partition coefficient (Wildman–Crippen LogP) is 2.70. The molecule has 0 aromatic carbocycles. The summed E-state index contributed by atoms with van der Waals surface area (Å²) in [5, 5.41) is 14.2. The first-order valence-electron chi connectivity index (χ1n) is 11.0. The second-order valence-corrected chi connectivity index (χ2v) is 8.27. The maximum absolute atomic E-state index is 12.6. The second kappa shape index (κ2) is 10.3. The summed E-state index contributed by atoms with van der Waals surface area (Å²) in [6.45, 7) is 6.77. The van der Waals surface area contributed by atoms with Crippen molar-refractivity contribution in [3.05, 3.63) is 24.2 Å². The summed E-state index contributed by atoms with van der Waals surface area (Å²) in [5.74, 6) is 1.04. The van der Waals surface area contributed by atoms with Gasteiger partial charge in [-0.1, -0.05) is 27.2 Å². The van der Waals surface area contributed by atoms with E-state index in [2.05, 4.69) is 27.5 Å². The molecule has 1 unspecified atom stereocenters. The average molecular weight is 442 g/mol. The van der Waals surface area contributed by atoms with Gasteiger partial charge in [0, 0.05) is 25.7 Å². The highest BCUT2D eigenvalue weighted by Gasteiger charge is 2.22. The number of imidazole rings is 1. The molecule has 0 aliphatic rings. The molecule has 3 heterocycles. The zero-order valence-electron chi connectivity index (χ0n) is 18.8. The van der Waals surface area contributed by atoms with Gasteiger partial charge in [-0.25, -0.2) is 14.8 Å². The van der Waals surface area contributed by atoms with Crippen LogP contribution in [0.1, 0.15) is 45.9 Å². The number of pyridine rings is 2. The molecule has 2 amide bonds. The van der Waals surface area contributed by atoms with Crippen LogP contribution in [-0.4, -0.2) is 49.2 Å². The van der Waals surface area contributed by atoms with Gasteiger partial charge in [0.2, 0.25) is 5.91 Å². The molecule has 3 aromatic rings. The van der Waals surface area contributed by atoms with E-state index in [1.165, 1.54) is 0 Å². The van der Waals surface area contributed by atoms with Crippen LogP contribution < -0.4 is 16.4 Å². The Morgan fingerprint density at radius 3 is 2.72 bits per heavy atom. The lowest BCUT2D eigenvalue weighted by atomic mass is 10.0. The number of nitrogens with zero attached hydrogens (tertiary/aromatic N) is 4. The van der Waals surface area contributed by atoms with E-state index in [9.17, 15) is 9.59 Å². The number of unbranched alkanes of at least 4 members (excludes halogenated alkanes) is 1. The molecule has 1 atom stereocenters. The van der Waals surface area contributed by atoms with Gasteiger partial charge in [0.1, 0.15) is 28.4 Å². The van der Waals surface area contributed by atoms with Crippen LogP contribution in [0.15, 0.2) is 18.3 Å². The van der Waals surface area contributed by atoms with Gasteiger partial charge in [-0.05, 0) is 30.9 Å². The summed E-state index contributed by atoms with van der Waals surface area (Å²) >= 11 is 0. The smallest absolute Gasteiger partial charge is 0.405 e. The SMILES string of the molecule is CCCCc1nc2c(N)nc3cccnc3c2n1CCNC(=O)C(CC(C)C)NC(=O)O. The van der Waals surface area contributed by atoms with Crippen LogP contribution in [0.4, 0.5) is 10.6 Å². The molecule has 0 aliphatic heterocycles. The van der Waals surface area contributed by atoms with Crippen molar-refractivity contribution in [3.8, 4) is 0 Å². The van der Waals surface area contributed by atoms with Crippen molar-refractivity contribution in [1.82, 2.24) is 30.2 Å². The van der Waals surface area contributed by atoms with Gasteiger partial charge in [0.25, 0.3) is 0 Å². The highest BCUT2D eigenvalue weighted by Crippen LogP contribution is 2.27. The standard InChI is InChI=1S/C22H31N7O3/c1-4-5-8-16-28-18-19(17-14(26-20(18)23)7-6-9-24-17)29(16)11-10-25-21(30)15(12-13(2)3)27-22(31)32/h6-7,9,13,15,27H,4-5,8,10-12H2,1-3H3,(H2,23,26)(H,25,30)(H,31,32). The molecule has 0 spiro atoms. The summed E-state index contributed by atoms with van der Waals surface area (Å²) in [4.78, 5) is 37.4. The Morgan fingerprint density at radius 2 is 2.03 bits per heavy atom. The molecule has 10 heteroatoms. The molecule has 0 radical (unpaired) electrons. The molecule has 3 aromatic heterocycles. The van der Waals surface area contributed by atoms with Gasteiger partial charge in [-0.15, -0.1) is 0 Å². The number of hydrogen-bond donors (Lipinski definition) is 4. The number of carboxylic acid groups (broad SMARTS) is 1. The zero-order chi connectivity index (χ0) is 23.3.